The van der Waals surface area contributed by atoms with Gasteiger partial charge in [0.25, 0.3) is 5.91 Å². The van der Waals surface area contributed by atoms with Crippen LogP contribution < -0.4 is 10.6 Å². The van der Waals surface area contributed by atoms with E-state index in [-0.39, 0.29) is 5.56 Å². The van der Waals surface area contributed by atoms with E-state index in [4.69, 9.17) is 4.42 Å². The topological polar surface area (TPSA) is 83.3 Å². The molecule has 32 heavy (non-hydrogen) atoms. The Bertz CT molecular complexity index is 1030. The Morgan fingerprint density at radius 3 is 2.62 bits per heavy atom. The molecule has 2 N–H and O–H groups in total. The minimum absolute atomic E-state index is 0.00127. The standard InChI is InChI=1S/C24H28FN5O2/c1-30(19-7-2-3-8-19)16-6-15-26-24-29-28-23(32-24)17-11-13-18(14-12-17)27-22(31)20-9-4-5-10-21(20)25/h4-5,9-14,19H,2-3,6-8,15-16H2,1H3,(H,26,29)(H,27,31). The summed E-state index contributed by atoms with van der Waals surface area (Å²) in [7, 11) is 2.20. The van der Waals surface area contributed by atoms with Crippen molar-refractivity contribution in [3.63, 3.8) is 0 Å². The molecule has 0 radical (unpaired) electrons. The van der Waals surface area contributed by atoms with Crippen molar-refractivity contribution in [1.82, 2.24) is 15.1 Å². The summed E-state index contributed by atoms with van der Waals surface area (Å²) in [5.41, 5.74) is 1.28. The van der Waals surface area contributed by atoms with Crippen LogP contribution in [0.2, 0.25) is 0 Å². The van der Waals surface area contributed by atoms with Crippen molar-refractivity contribution in [2.45, 2.75) is 38.1 Å². The predicted molar refractivity (Wildman–Crippen MR) is 122 cm³/mol. The van der Waals surface area contributed by atoms with Crippen molar-refractivity contribution in [2.75, 3.05) is 30.8 Å². The van der Waals surface area contributed by atoms with Crippen molar-refractivity contribution in [2.24, 2.45) is 0 Å². The molecule has 1 aromatic heterocycles. The number of anilines is 2. The van der Waals surface area contributed by atoms with Gasteiger partial charge in [-0.3, -0.25) is 4.79 Å². The monoisotopic (exact) mass is 437 g/mol. The Morgan fingerprint density at radius 1 is 1.12 bits per heavy atom. The van der Waals surface area contributed by atoms with Crippen LogP contribution in [0.25, 0.3) is 11.5 Å². The van der Waals surface area contributed by atoms with Crippen LogP contribution in [-0.2, 0) is 0 Å². The average molecular weight is 438 g/mol. The number of halogens is 1. The molecule has 1 fully saturated rings. The third-order valence-corrected chi connectivity index (χ3v) is 5.85. The van der Waals surface area contributed by atoms with E-state index in [1.807, 2.05) is 0 Å². The molecule has 0 atom stereocenters. The van der Waals surface area contributed by atoms with Crippen LogP contribution >= 0.6 is 0 Å². The normalized spacial score (nSPS) is 14.1. The summed E-state index contributed by atoms with van der Waals surface area (Å²) in [6, 6.07) is 13.9. The second-order valence-corrected chi connectivity index (χ2v) is 8.12. The van der Waals surface area contributed by atoms with Gasteiger partial charge in [0.15, 0.2) is 0 Å². The van der Waals surface area contributed by atoms with Gasteiger partial charge in [0, 0.05) is 23.8 Å². The predicted octanol–water partition coefficient (Wildman–Crippen LogP) is 4.80. The van der Waals surface area contributed by atoms with Gasteiger partial charge in [0.1, 0.15) is 5.82 Å². The van der Waals surface area contributed by atoms with Crippen LogP contribution in [-0.4, -0.2) is 47.2 Å². The highest BCUT2D eigenvalue weighted by molar-refractivity contribution is 6.04. The molecule has 2 aromatic carbocycles. The first-order valence-electron chi connectivity index (χ1n) is 11.0. The summed E-state index contributed by atoms with van der Waals surface area (Å²) in [6.07, 6.45) is 6.31. The summed E-state index contributed by atoms with van der Waals surface area (Å²) in [5.74, 6) is -0.668. The van der Waals surface area contributed by atoms with E-state index >= 15 is 0 Å². The smallest absolute Gasteiger partial charge is 0.315 e. The Labute approximate surface area is 187 Å². The minimum Gasteiger partial charge on any atom is -0.403 e. The van der Waals surface area contributed by atoms with Crippen molar-refractivity contribution < 1.29 is 13.6 Å². The fourth-order valence-corrected chi connectivity index (χ4v) is 4.00. The lowest BCUT2D eigenvalue weighted by atomic mass is 10.1. The highest BCUT2D eigenvalue weighted by atomic mass is 19.1. The van der Waals surface area contributed by atoms with Gasteiger partial charge in [-0.2, -0.15) is 0 Å². The molecule has 0 saturated heterocycles. The fourth-order valence-electron chi connectivity index (χ4n) is 4.00. The van der Waals surface area contributed by atoms with E-state index in [1.54, 1.807) is 36.4 Å². The first-order chi connectivity index (χ1) is 15.6. The van der Waals surface area contributed by atoms with E-state index in [1.165, 1.54) is 37.8 Å². The van der Waals surface area contributed by atoms with E-state index in [9.17, 15) is 9.18 Å². The highest BCUT2D eigenvalue weighted by Gasteiger charge is 2.19. The van der Waals surface area contributed by atoms with Crippen molar-refractivity contribution >= 4 is 17.6 Å². The molecule has 1 heterocycles. The van der Waals surface area contributed by atoms with Gasteiger partial charge in [-0.05, 0) is 69.3 Å². The molecule has 0 bridgehead atoms. The maximum Gasteiger partial charge on any atom is 0.315 e. The maximum atomic E-state index is 13.8. The van der Waals surface area contributed by atoms with Crippen LogP contribution in [0.5, 0.6) is 0 Å². The zero-order valence-corrected chi connectivity index (χ0v) is 18.2. The molecule has 7 nitrogen and oxygen atoms in total. The van der Waals surface area contributed by atoms with Crippen molar-refractivity contribution in [3.8, 4) is 11.5 Å². The molecule has 0 aliphatic heterocycles. The van der Waals surface area contributed by atoms with Gasteiger partial charge < -0.3 is 20.0 Å². The lowest BCUT2D eigenvalue weighted by molar-refractivity contribution is 0.102. The SMILES string of the molecule is CN(CCCNc1nnc(-c2ccc(NC(=O)c3ccccc3F)cc2)o1)C1CCCC1. The third-order valence-electron chi connectivity index (χ3n) is 5.85. The molecule has 1 aliphatic carbocycles. The number of hydrogen-bond donors (Lipinski definition) is 2. The summed E-state index contributed by atoms with van der Waals surface area (Å²) in [6.45, 7) is 1.80. The molecule has 0 unspecified atom stereocenters. The fraction of sp³-hybridized carbons (Fsp3) is 0.375. The highest BCUT2D eigenvalue weighted by Crippen LogP contribution is 2.23. The summed E-state index contributed by atoms with van der Waals surface area (Å²) >= 11 is 0. The molecular weight excluding hydrogens is 409 g/mol. The number of benzene rings is 2. The number of hydrogen-bond acceptors (Lipinski definition) is 6. The second-order valence-electron chi connectivity index (χ2n) is 8.12. The van der Waals surface area contributed by atoms with Crippen LogP contribution in [0.15, 0.2) is 52.9 Å². The average Bonchev–Trinajstić information content (AvgIpc) is 3.50. The minimum atomic E-state index is -0.558. The largest absolute Gasteiger partial charge is 0.403 e. The lowest BCUT2D eigenvalue weighted by Crippen LogP contribution is -2.30. The number of carbonyl (C=O) groups is 1. The molecule has 8 heteroatoms. The van der Waals surface area contributed by atoms with E-state index < -0.39 is 11.7 Å². The molecule has 1 aliphatic rings. The number of carbonyl (C=O) groups excluding carboxylic acids is 1. The zero-order chi connectivity index (χ0) is 22.3. The second kappa shape index (κ2) is 10.4. The van der Waals surface area contributed by atoms with E-state index in [0.29, 0.717) is 17.6 Å². The summed E-state index contributed by atoms with van der Waals surface area (Å²) < 4.78 is 19.5. The van der Waals surface area contributed by atoms with Gasteiger partial charge in [-0.1, -0.05) is 30.1 Å². The molecule has 3 aromatic rings. The molecule has 4 rings (SSSR count). The summed E-state index contributed by atoms with van der Waals surface area (Å²) in [5, 5.41) is 14.0. The summed E-state index contributed by atoms with van der Waals surface area (Å²) in [4.78, 5) is 14.7. The molecule has 168 valence electrons. The van der Waals surface area contributed by atoms with Crippen LogP contribution in [0.1, 0.15) is 42.5 Å². The maximum absolute atomic E-state index is 13.8. The van der Waals surface area contributed by atoms with Crippen LogP contribution in [0.4, 0.5) is 16.1 Å². The van der Waals surface area contributed by atoms with Crippen LogP contribution in [0, 0.1) is 5.82 Å². The van der Waals surface area contributed by atoms with Gasteiger partial charge in [-0.25, -0.2) is 4.39 Å². The van der Waals surface area contributed by atoms with Crippen LogP contribution in [0.3, 0.4) is 0 Å². The lowest BCUT2D eigenvalue weighted by Gasteiger charge is -2.23. The van der Waals surface area contributed by atoms with Crippen molar-refractivity contribution in [1.29, 1.82) is 0 Å². The van der Waals surface area contributed by atoms with Gasteiger partial charge >= 0.3 is 6.01 Å². The Balaban J connectivity index is 1.26. The molecule has 1 saturated carbocycles. The third kappa shape index (κ3) is 5.50. The molecule has 0 spiro atoms. The molecular formula is C24H28FN5O2. The van der Waals surface area contributed by atoms with E-state index in [0.717, 1.165) is 31.1 Å². The first kappa shape index (κ1) is 22.0. The van der Waals surface area contributed by atoms with Gasteiger partial charge in [-0.15, -0.1) is 5.10 Å². The first-order valence-corrected chi connectivity index (χ1v) is 11.0. The van der Waals surface area contributed by atoms with E-state index in [2.05, 4.69) is 32.8 Å². The Hall–Kier alpha value is -3.26. The number of nitrogens with zero attached hydrogens (tertiary/aromatic N) is 3. The Kier molecular flexibility index (Phi) is 7.11. The number of aromatic nitrogens is 2. The number of nitrogens with one attached hydrogen (secondary N) is 2. The Morgan fingerprint density at radius 2 is 1.88 bits per heavy atom. The molecule has 1 amide bonds. The number of rotatable bonds is 9. The van der Waals surface area contributed by atoms with Crippen molar-refractivity contribution in [3.05, 3.63) is 59.9 Å². The van der Waals surface area contributed by atoms with Gasteiger partial charge in [0.05, 0.1) is 5.56 Å². The quantitative estimate of drug-likeness (QED) is 0.468. The number of amides is 1. The zero-order valence-electron chi connectivity index (χ0n) is 18.2. The van der Waals surface area contributed by atoms with Gasteiger partial charge in [0.2, 0.25) is 5.89 Å².